The van der Waals surface area contributed by atoms with E-state index in [-0.39, 0.29) is 0 Å². The van der Waals surface area contributed by atoms with Gasteiger partial charge in [-0.2, -0.15) is 0 Å². The van der Waals surface area contributed by atoms with E-state index in [0.29, 0.717) is 0 Å². The van der Waals surface area contributed by atoms with Crippen LogP contribution in [-0.4, -0.2) is 13.1 Å². The molecule has 0 aromatic heterocycles. The number of rotatable bonds is 2. The molecule has 0 bridgehead atoms. The third kappa shape index (κ3) is 2.63. The summed E-state index contributed by atoms with van der Waals surface area (Å²) in [5.74, 6) is 0. The maximum atomic E-state index is 6.30. The molecule has 0 aliphatic carbocycles. The zero-order valence-corrected chi connectivity index (χ0v) is 13.0. The van der Waals surface area contributed by atoms with Crippen molar-refractivity contribution < 1.29 is 0 Å². The molecule has 0 radical (unpaired) electrons. The molecule has 1 aliphatic rings. The first kappa shape index (κ1) is 14.0. The van der Waals surface area contributed by atoms with Crippen molar-refractivity contribution in [2.75, 3.05) is 23.7 Å². The molecule has 2 N–H and O–H groups in total. The highest BCUT2D eigenvalue weighted by atomic mass is 15.1. The molecular weight excluding hydrogens is 256 g/mol. The van der Waals surface area contributed by atoms with Crippen LogP contribution in [0.25, 0.3) is 11.1 Å². The molecule has 2 aromatic rings. The van der Waals surface area contributed by atoms with Gasteiger partial charge in [0, 0.05) is 35.6 Å². The molecular formula is C19H24N2. The summed E-state index contributed by atoms with van der Waals surface area (Å²) in [4.78, 5) is 2.53. The quantitative estimate of drug-likeness (QED) is 0.818. The largest absolute Gasteiger partial charge is 0.398 e. The van der Waals surface area contributed by atoms with Gasteiger partial charge in [-0.3, -0.25) is 0 Å². The molecule has 0 amide bonds. The lowest BCUT2D eigenvalue weighted by atomic mass is 9.92. The molecule has 110 valence electrons. The molecule has 2 heteroatoms. The van der Waals surface area contributed by atoms with Crippen molar-refractivity contribution in [3.63, 3.8) is 0 Å². The lowest BCUT2D eigenvalue weighted by molar-refractivity contribution is 0.578. The summed E-state index contributed by atoms with van der Waals surface area (Å²) in [7, 11) is 0. The summed E-state index contributed by atoms with van der Waals surface area (Å²) < 4.78 is 0. The number of nitrogen functional groups attached to an aromatic ring is 1. The summed E-state index contributed by atoms with van der Waals surface area (Å²) >= 11 is 0. The Labute approximate surface area is 127 Å². The fraction of sp³-hybridized carbons (Fsp3) is 0.368. The third-order valence-corrected chi connectivity index (χ3v) is 4.50. The van der Waals surface area contributed by atoms with E-state index in [2.05, 4.69) is 43.0 Å². The Morgan fingerprint density at radius 1 is 0.810 bits per heavy atom. The van der Waals surface area contributed by atoms with E-state index in [4.69, 9.17) is 5.73 Å². The van der Waals surface area contributed by atoms with Gasteiger partial charge in [-0.1, -0.05) is 24.3 Å². The summed E-state index contributed by atoms with van der Waals surface area (Å²) in [5, 5.41) is 0. The van der Waals surface area contributed by atoms with Crippen LogP contribution in [-0.2, 0) is 0 Å². The summed E-state index contributed by atoms with van der Waals surface area (Å²) in [5.41, 5.74) is 13.6. The Balaban J connectivity index is 2.17. The lowest BCUT2D eigenvalue weighted by Gasteiger charge is -2.32. The Hall–Kier alpha value is -1.96. The molecule has 1 heterocycles. The van der Waals surface area contributed by atoms with Gasteiger partial charge in [-0.25, -0.2) is 0 Å². The van der Waals surface area contributed by atoms with Crippen LogP contribution in [0.2, 0.25) is 0 Å². The van der Waals surface area contributed by atoms with E-state index in [1.165, 1.54) is 47.2 Å². The molecule has 2 aromatic carbocycles. The molecule has 21 heavy (non-hydrogen) atoms. The number of benzene rings is 2. The molecule has 2 nitrogen and oxygen atoms in total. The zero-order valence-electron chi connectivity index (χ0n) is 13.0. The van der Waals surface area contributed by atoms with Crippen LogP contribution in [0.5, 0.6) is 0 Å². The minimum Gasteiger partial charge on any atom is -0.398 e. The van der Waals surface area contributed by atoms with Crippen molar-refractivity contribution in [1.29, 1.82) is 0 Å². The first-order valence-corrected chi connectivity index (χ1v) is 7.88. The highest BCUT2D eigenvalue weighted by Crippen LogP contribution is 2.39. The number of nitrogens with zero attached hydrogens (tertiary/aromatic N) is 1. The van der Waals surface area contributed by atoms with Crippen LogP contribution >= 0.6 is 0 Å². The summed E-state index contributed by atoms with van der Waals surface area (Å²) in [6.45, 7) is 6.65. The molecule has 0 spiro atoms. The SMILES string of the molecule is Cc1cccc(N)c1-c1c(C)cccc1N1CCCCC1. The van der Waals surface area contributed by atoms with Crippen LogP contribution < -0.4 is 10.6 Å². The maximum absolute atomic E-state index is 6.30. The van der Waals surface area contributed by atoms with E-state index in [0.717, 1.165) is 18.8 Å². The molecule has 0 atom stereocenters. The number of piperidine rings is 1. The van der Waals surface area contributed by atoms with E-state index in [1.54, 1.807) is 0 Å². The number of anilines is 2. The van der Waals surface area contributed by atoms with Gasteiger partial charge >= 0.3 is 0 Å². The van der Waals surface area contributed by atoms with E-state index in [9.17, 15) is 0 Å². The van der Waals surface area contributed by atoms with Crippen molar-refractivity contribution in [1.82, 2.24) is 0 Å². The molecule has 1 saturated heterocycles. The topological polar surface area (TPSA) is 29.3 Å². The fourth-order valence-corrected chi connectivity index (χ4v) is 3.41. The van der Waals surface area contributed by atoms with Crippen molar-refractivity contribution in [2.45, 2.75) is 33.1 Å². The van der Waals surface area contributed by atoms with Gasteiger partial charge in [0.2, 0.25) is 0 Å². The Kier molecular flexibility index (Phi) is 3.87. The Bertz CT molecular complexity index is 620. The van der Waals surface area contributed by atoms with E-state index >= 15 is 0 Å². The number of hydrogen-bond acceptors (Lipinski definition) is 2. The highest BCUT2D eigenvalue weighted by molar-refractivity contribution is 5.89. The average molecular weight is 280 g/mol. The standard InChI is InChI=1S/C19H24N2/c1-14-8-6-10-16(20)18(14)19-15(2)9-7-11-17(19)21-12-4-3-5-13-21/h6-11H,3-5,12-13,20H2,1-2H3. The van der Waals surface area contributed by atoms with Crippen LogP contribution in [0.15, 0.2) is 36.4 Å². The molecule has 0 saturated carbocycles. The van der Waals surface area contributed by atoms with Gasteiger partial charge in [0.1, 0.15) is 0 Å². The predicted molar refractivity (Wildman–Crippen MR) is 91.8 cm³/mol. The second-order valence-corrected chi connectivity index (χ2v) is 6.06. The van der Waals surface area contributed by atoms with Gasteiger partial charge in [0.25, 0.3) is 0 Å². The van der Waals surface area contributed by atoms with Crippen LogP contribution in [0.3, 0.4) is 0 Å². The third-order valence-electron chi connectivity index (χ3n) is 4.50. The first-order valence-electron chi connectivity index (χ1n) is 7.88. The van der Waals surface area contributed by atoms with Gasteiger partial charge in [0.15, 0.2) is 0 Å². The molecule has 1 fully saturated rings. The second-order valence-electron chi connectivity index (χ2n) is 6.06. The van der Waals surface area contributed by atoms with Gasteiger partial charge in [-0.05, 0) is 56.4 Å². The van der Waals surface area contributed by atoms with Gasteiger partial charge in [0.05, 0.1) is 0 Å². The Morgan fingerprint density at radius 2 is 1.43 bits per heavy atom. The van der Waals surface area contributed by atoms with Gasteiger partial charge < -0.3 is 10.6 Å². The number of aryl methyl sites for hydroxylation is 2. The molecule has 1 aliphatic heterocycles. The van der Waals surface area contributed by atoms with Crippen LogP contribution in [0.1, 0.15) is 30.4 Å². The van der Waals surface area contributed by atoms with Crippen LogP contribution in [0, 0.1) is 13.8 Å². The lowest BCUT2D eigenvalue weighted by Crippen LogP contribution is -2.30. The van der Waals surface area contributed by atoms with Crippen molar-refractivity contribution >= 4 is 11.4 Å². The zero-order chi connectivity index (χ0) is 14.8. The van der Waals surface area contributed by atoms with Crippen molar-refractivity contribution in [3.8, 4) is 11.1 Å². The number of nitrogens with two attached hydrogens (primary N) is 1. The summed E-state index contributed by atoms with van der Waals surface area (Å²) in [6.07, 6.45) is 3.93. The normalized spacial score (nSPS) is 15.2. The number of hydrogen-bond donors (Lipinski definition) is 1. The van der Waals surface area contributed by atoms with Crippen LogP contribution in [0.4, 0.5) is 11.4 Å². The maximum Gasteiger partial charge on any atom is 0.0449 e. The molecule has 3 rings (SSSR count). The van der Waals surface area contributed by atoms with E-state index < -0.39 is 0 Å². The van der Waals surface area contributed by atoms with E-state index in [1.807, 2.05) is 12.1 Å². The monoisotopic (exact) mass is 280 g/mol. The summed E-state index contributed by atoms with van der Waals surface area (Å²) in [6, 6.07) is 12.8. The minimum atomic E-state index is 0.877. The van der Waals surface area contributed by atoms with Crippen molar-refractivity contribution in [2.24, 2.45) is 0 Å². The average Bonchev–Trinajstić information content (AvgIpc) is 2.49. The Morgan fingerprint density at radius 3 is 2.10 bits per heavy atom. The minimum absolute atomic E-state index is 0.877. The van der Waals surface area contributed by atoms with Crippen molar-refractivity contribution in [3.05, 3.63) is 47.5 Å². The smallest absolute Gasteiger partial charge is 0.0449 e. The predicted octanol–water partition coefficient (Wildman–Crippen LogP) is 4.54. The first-order chi connectivity index (χ1) is 10.2. The fourth-order valence-electron chi connectivity index (χ4n) is 3.41. The molecule has 0 unspecified atom stereocenters. The van der Waals surface area contributed by atoms with Gasteiger partial charge in [-0.15, -0.1) is 0 Å². The highest BCUT2D eigenvalue weighted by Gasteiger charge is 2.19. The second kappa shape index (κ2) is 5.80.